The third kappa shape index (κ3) is 4.96. The summed E-state index contributed by atoms with van der Waals surface area (Å²) in [6.07, 6.45) is 0. The molecule has 0 aliphatic carbocycles. The van der Waals surface area contributed by atoms with Gasteiger partial charge in [-0.2, -0.15) is 0 Å². The molecule has 0 fully saturated rings. The number of ether oxygens (including phenoxy) is 2. The molecule has 2 rings (SSSR count). The molecule has 0 spiro atoms. The first-order valence-electron chi connectivity index (χ1n) is 6.63. The lowest BCUT2D eigenvalue weighted by molar-refractivity contribution is -0.113. The average molecular weight is 372 g/mol. The molecule has 0 radical (unpaired) electrons. The minimum Gasteiger partial charge on any atom is -0.493 e. The van der Waals surface area contributed by atoms with Crippen LogP contribution in [0.5, 0.6) is 11.5 Å². The summed E-state index contributed by atoms with van der Waals surface area (Å²) in [6.45, 7) is 0. The van der Waals surface area contributed by atoms with Crippen LogP contribution in [-0.4, -0.2) is 25.9 Å². The predicted molar refractivity (Wildman–Crippen MR) is 95.4 cm³/mol. The van der Waals surface area contributed by atoms with E-state index in [0.717, 1.165) is 4.90 Å². The van der Waals surface area contributed by atoms with Gasteiger partial charge in [-0.15, -0.1) is 11.8 Å². The van der Waals surface area contributed by atoms with E-state index in [9.17, 15) is 4.79 Å². The Bertz CT molecular complexity index is 710. The Kier molecular flexibility index (Phi) is 6.45. The number of hydrogen-bond donors (Lipinski definition) is 1. The third-order valence-corrected chi connectivity index (χ3v) is 4.66. The molecular formula is C16H15Cl2NO3S. The summed E-state index contributed by atoms with van der Waals surface area (Å²) in [5.74, 6) is 1.40. The van der Waals surface area contributed by atoms with E-state index in [1.807, 2.05) is 12.1 Å². The molecule has 1 N–H and O–H groups in total. The van der Waals surface area contributed by atoms with Gasteiger partial charge in [0.25, 0.3) is 0 Å². The van der Waals surface area contributed by atoms with Crippen molar-refractivity contribution in [3.8, 4) is 11.5 Å². The van der Waals surface area contributed by atoms with Crippen molar-refractivity contribution in [1.82, 2.24) is 0 Å². The van der Waals surface area contributed by atoms with Crippen LogP contribution in [0.15, 0.2) is 41.3 Å². The Hall–Kier alpha value is -1.56. The van der Waals surface area contributed by atoms with Crippen LogP contribution in [-0.2, 0) is 4.79 Å². The SMILES string of the molecule is COc1ccc(SCC(=O)Nc2ccc(Cl)c(Cl)c2)cc1OC. The number of carbonyl (C=O) groups is 1. The number of amides is 1. The molecule has 4 nitrogen and oxygen atoms in total. The van der Waals surface area contributed by atoms with E-state index in [1.54, 1.807) is 38.5 Å². The summed E-state index contributed by atoms with van der Waals surface area (Å²) >= 11 is 13.2. The quantitative estimate of drug-likeness (QED) is 0.744. The highest BCUT2D eigenvalue weighted by Gasteiger charge is 2.08. The Labute approximate surface area is 149 Å². The summed E-state index contributed by atoms with van der Waals surface area (Å²) < 4.78 is 10.4. The Morgan fingerprint density at radius 2 is 1.78 bits per heavy atom. The van der Waals surface area contributed by atoms with Crippen LogP contribution >= 0.6 is 35.0 Å². The molecule has 0 bridgehead atoms. The van der Waals surface area contributed by atoms with Crippen molar-refractivity contribution in [3.05, 3.63) is 46.4 Å². The van der Waals surface area contributed by atoms with Crippen LogP contribution in [0.25, 0.3) is 0 Å². The maximum absolute atomic E-state index is 12.0. The first-order valence-corrected chi connectivity index (χ1v) is 8.37. The monoisotopic (exact) mass is 371 g/mol. The molecular weight excluding hydrogens is 357 g/mol. The molecule has 0 saturated heterocycles. The van der Waals surface area contributed by atoms with Crippen molar-refractivity contribution in [2.45, 2.75) is 4.90 Å². The molecule has 122 valence electrons. The molecule has 2 aromatic carbocycles. The van der Waals surface area contributed by atoms with E-state index in [4.69, 9.17) is 32.7 Å². The van der Waals surface area contributed by atoms with E-state index in [0.29, 0.717) is 27.2 Å². The Morgan fingerprint density at radius 1 is 1.04 bits per heavy atom. The van der Waals surface area contributed by atoms with Gasteiger partial charge in [0, 0.05) is 10.6 Å². The molecule has 23 heavy (non-hydrogen) atoms. The highest BCUT2D eigenvalue weighted by atomic mass is 35.5. The molecule has 1 amide bonds. The van der Waals surface area contributed by atoms with Crippen LogP contribution in [0.3, 0.4) is 0 Å². The normalized spacial score (nSPS) is 10.3. The van der Waals surface area contributed by atoms with Crippen molar-refractivity contribution in [2.75, 3.05) is 25.3 Å². The predicted octanol–water partition coefficient (Wildman–Crippen LogP) is 4.74. The summed E-state index contributed by atoms with van der Waals surface area (Å²) in [4.78, 5) is 12.9. The number of nitrogens with one attached hydrogen (secondary N) is 1. The smallest absolute Gasteiger partial charge is 0.234 e. The van der Waals surface area contributed by atoms with Crippen molar-refractivity contribution < 1.29 is 14.3 Å². The standard InChI is InChI=1S/C16H15Cl2NO3S/c1-21-14-6-4-11(8-15(14)22-2)23-9-16(20)19-10-3-5-12(17)13(18)7-10/h3-8H,9H2,1-2H3,(H,19,20). The first kappa shape index (κ1) is 17.8. The first-order chi connectivity index (χ1) is 11.0. The summed E-state index contributed by atoms with van der Waals surface area (Å²) in [5, 5.41) is 3.62. The van der Waals surface area contributed by atoms with E-state index in [1.165, 1.54) is 11.8 Å². The second-order valence-electron chi connectivity index (χ2n) is 4.48. The van der Waals surface area contributed by atoms with E-state index >= 15 is 0 Å². The summed E-state index contributed by atoms with van der Waals surface area (Å²) in [5.41, 5.74) is 0.609. The number of thioether (sulfide) groups is 1. The fraction of sp³-hybridized carbons (Fsp3) is 0.188. The van der Waals surface area contributed by atoms with Crippen LogP contribution in [0.4, 0.5) is 5.69 Å². The van der Waals surface area contributed by atoms with Crippen LogP contribution < -0.4 is 14.8 Å². The summed E-state index contributed by atoms with van der Waals surface area (Å²) in [6, 6.07) is 10.5. The molecule has 7 heteroatoms. The molecule has 0 unspecified atom stereocenters. The number of hydrogen-bond acceptors (Lipinski definition) is 4. The van der Waals surface area contributed by atoms with E-state index in [-0.39, 0.29) is 11.7 Å². The van der Waals surface area contributed by atoms with Gasteiger partial charge in [0.2, 0.25) is 5.91 Å². The van der Waals surface area contributed by atoms with Gasteiger partial charge in [-0.05, 0) is 36.4 Å². The van der Waals surface area contributed by atoms with Gasteiger partial charge in [0.15, 0.2) is 11.5 Å². The maximum Gasteiger partial charge on any atom is 0.234 e. The summed E-state index contributed by atoms with van der Waals surface area (Å²) in [7, 11) is 3.15. The van der Waals surface area contributed by atoms with Crippen molar-refractivity contribution in [3.63, 3.8) is 0 Å². The van der Waals surface area contributed by atoms with Gasteiger partial charge in [-0.25, -0.2) is 0 Å². The fourth-order valence-electron chi connectivity index (χ4n) is 1.83. The lowest BCUT2D eigenvalue weighted by Crippen LogP contribution is -2.13. The second-order valence-corrected chi connectivity index (χ2v) is 6.35. The zero-order valence-corrected chi connectivity index (χ0v) is 14.9. The second kappa shape index (κ2) is 8.34. The Morgan fingerprint density at radius 3 is 2.43 bits per heavy atom. The highest BCUT2D eigenvalue weighted by Crippen LogP contribution is 2.32. The molecule has 0 aromatic heterocycles. The topological polar surface area (TPSA) is 47.6 Å². The zero-order chi connectivity index (χ0) is 16.8. The van der Waals surface area contributed by atoms with Crippen molar-refractivity contribution in [2.24, 2.45) is 0 Å². The average Bonchev–Trinajstić information content (AvgIpc) is 2.56. The number of carbonyl (C=O) groups excluding carboxylic acids is 1. The van der Waals surface area contributed by atoms with Gasteiger partial charge in [0.05, 0.1) is 30.0 Å². The zero-order valence-electron chi connectivity index (χ0n) is 12.6. The molecule has 2 aromatic rings. The largest absolute Gasteiger partial charge is 0.493 e. The van der Waals surface area contributed by atoms with Gasteiger partial charge >= 0.3 is 0 Å². The number of anilines is 1. The van der Waals surface area contributed by atoms with Gasteiger partial charge < -0.3 is 14.8 Å². The van der Waals surface area contributed by atoms with Crippen LogP contribution in [0, 0.1) is 0 Å². The van der Waals surface area contributed by atoms with Gasteiger partial charge in [-0.1, -0.05) is 23.2 Å². The number of benzene rings is 2. The minimum atomic E-state index is -0.136. The lowest BCUT2D eigenvalue weighted by atomic mass is 10.3. The number of halogens is 2. The van der Waals surface area contributed by atoms with E-state index < -0.39 is 0 Å². The fourth-order valence-corrected chi connectivity index (χ4v) is 2.85. The molecule has 0 atom stereocenters. The highest BCUT2D eigenvalue weighted by molar-refractivity contribution is 8.00. The van der Waals surface area contributed by atoms with Gasteiger partial charge in [0.1, 0.15) is 0 Å². The van der Waals surface area contributed by atoms with Crippen LogP contribution in [0.2, 0.25) is 10.0 Å². The van der Waals surface area contributed by atoms with Crippen LogP contribution in [0.1, 0.15) is 0 Å². The molecule has 0 saturated carbocycles. The lowest BCUT2D eigenvalue weighted by Gasteiger charge is -2.09. The molecule has 0 heterocycles. The molecule has 0 aliphatic heterocycles. The maximum atomic E-state index is 12.0. The number of rotatable bonds is 6. The van der Waals surface area contributed by atoms with Gasteiger partial charge in [-0.3, -0.25) is 4.79 Å². The Balaban J connectivity index is 1.95. The molecule has 0 aliphatic rings. The van der Waals surface area contributed by atoms with Crippen molar-refractivity contribution in [1.29, 1.82) is 0 Å². The number of methoxy groups -OCH3 is 2. The van der Waals surface area contributed by atoms with Crippen molar-refractivity contribution >= 4 is 46.6 Å². The van der Waals surface area contributed by atoms with E-state index in [2.05, 4.69) is 5.32 Å². The minimum absolute atomic E-state index is 0.136. The third-order valence-electron chi connectivity index (χ3n) is 2.93.